The Bertz CT molecular complexity index is 3500. The summed E-state index contributed by atoms with van der Waals surface area (Å²) in [5.41, 5.74) is 16.9. The first-order chi connectivity index (χ1) is 36.9. The van der Waals surface area contributed by atoms with Crippen molar-refractivity contribution in [2.24, 2.45) is 0 Å². The molecule has 0 saturated carbocycles. The molecule has 12 rings (SSSR count). The van der Waals surface area contributed by atoms with Gasteiger partial charge in [-0.1, -0.05) is 127 Å². The second kappa shape index (κ2) is 19.1. The van der Waals surface area contributed by atoms with E-state index in [0.717, 1.165) is 78.0 Å². The summed E-state index contributed by atoms with van der Waals surface area (Å²) in [5.74, 6) is 0. The van der Waals surface area contributed by atoms with Crippen LogP contribution in [-0.2, 0) is 18.6 Å². The molecule has 9 aromatic carbocycles. The third-order valence-corrected chi connectivity index (χ3v) is 16.7. The Hall–Kier alpha value is -7.65. The Labute approximate surface area is 454 Å². The van der Waals surface area contributed by atoms with E-state index in [0.29, 0.717) is 0 Å². The van der Waals surface area contributed by atoms with Crippen LogP contribution in [0.15, 0.2) is 212 Å². The number of anilines is 6. The van der Waals surface area contributed by atoms with Crippen molar-refractivity contribution in [3.8, 4) is 27.9 Å². The van der Waals surface area contributed by atoms with E-state index in [9.17, 15) is 0 Å². The second-order valence-corrected chi connectivity index (χ2v) is 22.8. The minimum Gasteiger partial charge on any atom is -0.399 e. The van der Waals surface area contributed by atoms with Gasteiger partial charge in [0, 0.05) is 44.9 Å². The SMILES string of the molecule is Cc1cccc(C)c1-n1c2ccc(N(c3ccc(B4OC(C)(C)C(C)(C)O4)cc3)c3ccc(-c4ccccc4)cc3)cc2c2cc(N(c3ccc(B4OC(C)(C)C(C)(C)O4)cc3)c3ccc(-c4ccccc4)cc3)ccc21. The van der Waals surface area contributed by atoms with E-state index >= 15 is 0 Å². The van der Waals surface area contributed by atoms with Crippen LogP contribution in [0.3, 0.4) is 0 Å². The van der Waals surface area contributed by atoms with Gasteiger partial charge >= 0.3 is 14.2 Å². The van der Waals surface area contributed by atoms with Crippen LogP contribution in [0.25, 0.3) is 49.7 Å². The second-order valence-electron chi connectivity index (χ2n) is 22.8. The molecule has 0 bridgehead atoms. The Morgan fingerprint density at radius 1 is 0.325 bits per heavy atom. The normalized spacial score (nSPS) is 16.3. The van der Waals surface area contributed by atoms with Crippen molar-refractivity contribution in [1.29, 1.82) is 0 Å². The van der Waals surface area contributed by atoms with Crippen LogP contribution in [0.4, 0.5) is 34.1 Å². The number of para-hydroxylation sites is 1. The molecule has 9 heteroatoms. The molecule has 2 aliphatic heterocycles. The zero-order valence-electron chi connectivity index (χ0n) is 45.8. The molecular weight excluding hydrogens is 944 g/mol. The van der Waals surface area contributed by atoms with Crippen molar-refractivity contribution in [2.45, 2.75) is 91.6 Å². The molecule has 2 aliphatic rings. The lowest BCUT2D eigenvalue weighted by molar-refractivity contribution is 0.00578. The molecule has 1 aromatic heterocycles. The van der Waals surface area contributed by atoms with E-state index in [2.05, 4.69) is 296 Å². The number of aromatic nitrogens is 1. The fourth-order valence-electron chi connectivity index (χ4n) is 11.0. The highest BCUT2D eigenvalue weighted by molar-refractivity contribution is 6.62. The molecule has 0 unspecified atom stereocenters. The zero-order valence-corrected chi connectivity index (χ0v) is 45.8. The van der Waals surface area contributed by atoms with Gasteiger partial charge in [0.1, 0.15) is 0 Å². The lowest BCUT2D eigenvalue weighted by Crippen LogP contribution is -2.41. The summed E-state index contributed by atoms with van der Waals surface area (Å²) in [6.45, 7) is 21.2. The first-order valence-corrected chi connectivity index (χ1v) is 26.9. The van der Waals surface area contributed by atoms with Gasteiger partial charge in [0.2, 0.25) is 0 Å². The van der Waals surface area contributed by atoms with E-state index in [1.165, 1.54) is 27.9 Å². The van der Waals surface area contributed by atoms with Crippen LogP contribution in [0.1, 0.15) is 66.5 Å². The topological polar surface area (TPSA) is 48.3 Å². The Balaban J connectivity index is 1.02. The van der Waals surface area contributed by atoms with Crippen LogP contribution in [0.2, 0.25) is 0 Å². The predicted molar refractivity (Wildman–Crippen MR) is 322 cm³/mol. The number of rotatable bonds is 11. The number of benzene rings is 9. The number of hydrogen-bond donors (Lipinski definition) is 0. The van der Waals surface area contributed by atoms with Crippen molar-refractivity contribution in [1.82, 2.24) is 4.57 Å². The molecule has 0 spiro atoms. The van der Waals surface area contributed by atoms with Crippen molar-refractivity contribution in [3.63, 3.8) is 0 Å². The monoisotopic (exact) mass is 1010 g/mol. The number of hydrogen-bond acceptors (Lipinski definition) is 6. The highest BCUT2D eigenvalue weighted by atomic mass is 16.7. The largest absolute Gasteiger partial charge is 0.494 e. The molecule has 0 atom stereocenters. The van der Waals surface area contributed by atoms with Crippen LogP contribution < -0.4 is 20.7 Å². The summed E-state index contributed by atoms with van der Waals surface area (Å²) in [6, 6.07) is 76.7. The highest BCUT2D eigenvalue weighted by Crippen LogP contribution is 2.45. The fourth-order valence-corrected chi connectivity index (χ4v) is 11.0. The summed E-state index contributed by atoms with van der Waals surface area (Å²) in [5, 5.41) is 2.27. The lowest BCUT2D eigenvalue weighted by atomic mass is 9.79. The van der Waals surface area contributed by atoms with Gasteiger partial charge in [0.05, 0.1) is 39.1 Å². The van der Waals surface area contributed by atoms with Crippen LogP contribution in [0.5, 0.6) is 0 Å². The number of nitrogens with zero attached hydrogens (tertiary/aromatic N) is 3. The summed E-state index contributed by atoms with van der Waals surface area (Å²) < 4.78 is 28.5. The molecule has 0 amide bonds. The molecule has 382 valence electrons. The Kier molecular flexibility index (Phi) is 12.5. The first-order valence-electron chi connectivity index (χ1n) is 26.9. The third kappa shape index (κ3) is 9.05. The number of fused-ring (bicyclic) bond motifs is 3. The van der Waals surface area contributed by atoms with Crippen LogP contribution in [-0.4, -0.2) is 41.2 Å². The zero-order chi connectivity index (χ0) is 53.4. The molecule has 77 heavy (non-hydrogen) atoms. The predicted octanol–water partition coefficient (Wildman–Crippen LogP) is 16.3. The van der Waals surface area contributed by atoms with Gasteiger partial charge in [-0.05, 0) is 198 Å². The fraction of sp³-hybridized carbons (Fsp3) is 0.206. The molecule has 10 aromatic rings. The Morgan fingerprint density at radius 3 is 0.961 bits per heavy atom. The van der Waals surface area contributed by atoms with Gasteiger partial charge < -0.3 is 33.0 Å². The minimum atomic E-state index is -0.469. The molecule has 0 N–H and O–H groups in total. The maximum absolute atomic E-state index is 6.51. The van der Waals surface area contributed by atoms with E-state index in [-0.39, 0.29) is 0 Å². The highest BCUT2D eigenvalue weighted by Gasteiger charge is 2.52. The van der Waals surface area contributed by atoms with Gasteiger partial charge in [0.15, 0.2) is 0 Å². The first kappa shape index (κ1) is 50.2. The summed E-state index contributed by atoms with van der Waals surface area (Å²) in [4.78, 5) is 4.72. The molecule has 2 saturated heterocycles. The smallest absolute Gasteiger partial charge is 0.399 e. The average molecular weight is 1010 g/mol. The lowest BCUT2D eigenvalue weighted by Gasteiger charge is -2.32. The van der Waals surface area contributed by atoms with Crippen molar-refractivity contribution in [3.05, 3.63) is 223 Å². The third-order valence-electron chi connectivity index (χ3n) is 16.7. The number of aryl methyl sites for hydroxylation is 2. The van der Waals surface area contributed by atoms with Crippen molar-refractivity contribution >= 4 is 81.1 Å². The van der Waals surface area contributed by atoms with Gasteiger partial charge in [0.25, 0.3) is 0 Å². The van der Waals surface area contributed by atoms with Crippen LogP contribution >= 0.6 is 0 Å². The maximum atomic E-state index is 6.51. The summed E-state index contributed by atoms with van der Waals surface area (Å²) in [6.07, 6.45) is 0. The molecule has 0 radical (unpaired) electrons. The van der Waals surface area contributed by atoms with Crippen LogP contribution in [0, 0.1) is 13.8 Å². The van der Waals surface area contributed by atoms with Crippen molar-refractivity contribution < 1.29 is 18.6 Å². The maximum Gasteiger partial charge on any atom is 0.494 e. The summed E-state index contributed by atoms with van der Waals surface area (Å²) in [7, 11) is -0.938. The average Bonchev–Trinajstić information content (AvgIpc) is 3.96. The Morgan fingerprint density at radius 2 is 0.623 bits per heavy atom. The molecule has 7 nitrogen and oxygen atoms in total. The molecule has 2 fully saturated rings. The standard InChI is InChI=1S/C68H65B2N3O4/c1-46-18-17-19-47(2)64(46)73-62-42-40-58(71(54-32-24-50(25-33-54)48-20-13-11-14-21-48)56-36-28-52(29-37-56)69-74-65(3,4)66(5,6)75-69)44-60(62)61-45-59(41-43-63(61)73)72(55-34-26-51(27-35-55)49-22-15-12-16-23-49)57-38-30-53(31-39-57)70-76-67(7,8)68(9,10)77-70/h11-45H,1-10H3. The van der Waals surface area contributed by atoms with Gasteiger partial charge in [-0.3, -0.25) is 0 Å². The molecular formula is C68H65B2N3O4. The molecule has 3 heterocycles. The van der Waals surface area contributed by atoms with Gasteiger partial charge in [-0.15, -0.1) is 0 Å². The van der Waals surface area contributed by atoms with E-state index < -0.39 is 36.6 Å². The van der Waals surface area contributed by atoms with E-state index in [1.54, 1.807) is 0 Å². The van der Waals surface area contributed by atoms with Crippen molar-refractivity contribution in [2.75, 3.05) is 9.80 Å². The summed E-state index contributed by atoms with van der Waals surface area (Å²) >= 11 is 0. The van der Waals surface area contributed by atoms with E-state index in [4.69, 9.17) is 18.6 Å². The van der Waals surface area contributed by atoms with Gasteiger partial charge in [-0.2, -0.15) is 0 Å². The quantitative estimate of drug-likeness (QED) is 0.120. The minimum absolute atomic E-state index is 0.446. The molecule has 0 aliphatic carbocycles. The van der Waals surface area contributed by atoms with Gasteiger partial charge in [-0.25, -0.2) is 0 Å². The van der Waals surface area contributed by atoms with E-state index in [1.807, 2.05) is 0 Å².